The third-order valence-electron chi connectivity index (χ3n) is 3.62. The minimum absolute atomic E-state index is 0.00339. The molecule has 0 heterocycles. The van der Waals surface area contributed by atoms with Gasteiger partial charge in [-0.15, -0.1) is 11.8 Å². The maximum Gasteiger partial charge on any atom is 0.253 e. The van der Waals surface area contributed by atoms with E-state index in [-0.39, 0.29) is 16.5 Å². The van der Waals surface area contributed by atoms with Gasteiger partial charge in [0.1, 0.15) is 5.82 Å². The number of likely N-dealkylation sites (N-methyl/N-ethyl adjacent to an activating group) is 1. The van der Waals surface area contributed by atoms with Gasteiger partial charge in [0, 0.05) is 11.9 Å². The molecule has 150 valence electrons. The molecule has 28 heavy (non-hydrogen) atoms. The topological polar surface area (TPSA) is 95.6 Å². The number of nitrogens with zero attached hydrogens (tertiary/aromatic N) is 1. The van der Waals surface area contributed by atoms with Crippen LogP contribution in [0.1, 0.15) is 5.56 Å². The highest BCUT2D eigenvalue weighted by Gasteiger charge is 2.22. The predicted octanol–water partition coefficient (Wildman–Crippen LogP) is 1.69. The summed E-state index contributed by atoms with van der Waals surface area (Å²) in [5.41, 5.74) is 5.30. The molecule has 0 unspecified atom stereocenters. The zero-order chi connectivity index (χ0) is 20.7. The molecule has 0 aromatic heterocycles. The third kappa shape index (κ3) is 6.32. The zero-order valence-corrected chi connectivity index (χ0v) is 16.9. The highest BCUT2D eigenvalue weighted by molar-refractivity contribution is 8.00. The Balaban J connectivity index is 1.80. The van der Waals surface area contributed by atoms with Gasteiger partial charge in [-0.05, 0) is 43.3 Å². The second-order valence-corrected chi connectivity index (χ2v) is 9.01. The third-order valence-corrected chi connectivity index (χ3v) is 6.45. The van der Waals surface area contributed by atoms with Crippen molar-refractivity contribution in [1.82, 2.24) is 15.2 Å². The highest BCUT2D eigenvalue weighted by atomic mass is 32.2. The van der Waals surface area contributed by atoms with Gasteiger partial charge in [-0.3, -0.25) is 20.4 Å². The largest absolute Gasteiger partial charge is 0.272 e. The molecule has 0 aliphatic rings. The number of hydrazine groups is 1. The molecule has 0 radical (unpaired) electrons. The predicted molar refractivity (Wildman–Crippen MR) is 104 cm³/mol. The molecule has 0 saturated heterocycles. The summed E-state index contributed by atoms with van der Waals surface area (Å²) in [5.74, 6) is -1.53. The highest BCUT2D eigenvalue weighted by Crippen LogP contribution is 2.17. The van der Waals surface area contributed by atoms with E-state index in [1.807, 2.05) is 6.92 Å². The summed E-state index contributed by atoms with van der Waals surface area (Å²) in [7, 11) is -2.54. The lowest BCUT2D eigenvalue weighted by atomic mass is 10.2. The maximum atomic E-state index is 12.8. The molecule has 2 aromatic carbocycles. The number of nitrogens with one attached hydrogen (secondary N) is 2. The van der Waals surface area contributed by atoms with Crippen molar-refractivity contribution >= 4 is 33.6 Å². The van der Waals surface area contributed by atoms with Crippen molar-refractivity contribution in [2.45, 2.75) is 16.7 Å². The van der Waals surface area contributed by atoms with Crippen LogP contribution in [0.15, 0.2) is 58.3 Å². The van der Waals surface area contributed by atoms with Crippen molar-refractivity contribution in [2.75, 3.05) is 19.3 Å². The van der Waals surface area contributed by atoms with Crippen molar-refractivity contribution in [1.29, 1.82) is 0 Å². The summed E-state index contributed by atoms with van der Waals surface area (Å²) in [6, 6.07) is 11.9. The molecule has 10 heteroatoms. The van der Waals surface area contributed by atoms with E-state index in [2.05, 4.69) is 10.9 Å². The summed E-state index contributed by atoms with van der Waals surface area (Å²) >= 11 is 1.17. The Kier molecular flexibility index (Phi) is 7.55. The molecular formula is C18H20FN3O4S2. The van der Waals surface area contributed by atoms with Gasteiger partial charge < -0.3 is 0 Å². The number of sulfonamides is 1. The van der Waals surface area contributed by atoms with Crippen molar-refractivity contribution in [3.05, 3.63) is 59.9 Å². The van der Waals surface area contributed by atoms with Crippen LogP contribution < -0.4 is 10.9 Å². The molecule has 2 aromatic rings. The van der Waals surface area contributed by atoms with Crippen LogP contribution in [-0.2, 0) is 19.6 Å². The van der Waals surface area contributed by atoms with Gasteiger partial charge in [0.15, 0.2) is 0 Å². The van der Waals surface area contributed by atoms with Crippen molar-refractivity contribution in [3.8, 4) is 0 Å². The summed E-state index contributed by atoms with van der Waals surface area (Å²) in [6.45, 7) is 1.38. The number of halogens is 1. The molecular weight excluding hydrogens is 405 g/mol. The molecule has 0 aliphatic carbocycles. The molecule has 2 N–H and O–H groups in total. The second-order valence-electron chi connectivity index (χ2n) is 5.91. The van der Waals surface area contributed by atoms with Gasteiger partial charge in [0.2, 0.25) is 15.9 Å². The van der Waals surface area contributed by atoms with Crippen LogP contribution in [-0.4, -0.2) is 43.9 Å². The van der Waals surface area contributed by atoms with E-state index in [9.17, 15) is 22.4 Å². The summed E-state index contributed by atoms with van der Waals surface area (Å²) in [4.78, 5) is 24.5. The van der Waals surface area contributed by atoms with Crippen molar-refractivity contribution < 1.29 is 22.4 Å². The van der Waals surface area contributed by atoms with Gasteiger partial charge in [0.05, 0.1) is 17.2 Å². The Morgan fingerprint density at radius 1 is 1.00 bits per heavy atom. The first kappa shape index (κ1) is 21.9. The normalized spacial score (nSPS) is 11.3. The van der Waals surface area contributed by atoms with Crippen LogP contribution in [0.5, 0.6) is 0 Å². The average molecular weight is 426 g/mol. The van der Waals surface area contributed by atoms with Crippen LogP contribution in [0.2, 0.25) is 0 Å². The molecule has 7 nitrogen and oxygen atoms in total. The summed E-state index contributed by atoms with van der Waals surface area (Å²) in [5, 5.41) is 0. The number of aryl methyl sites for hydroxylation is 1. The van der Waals surface area contributed by atoms with E-state index in [1.54, 1.807) is 12.1 Å². The van der Waals surface area contributed by atoms with Crippen LogP contribution in [0.3, 0.4) is 0 Å². The van der Waals surface area contributed by atoms with Gasteiger partial charge in [0.25, 0.3) is 5.91 Å². The van der Waals surface area contributed by atoms with Crippen LogP contribution in [0.4, 0.5) is 4.39 Å². The maximum absolute atomic E-state index is 12.8. The molecule has 2 amide bonds. The Morgan fingerprint density at radius 2 is 1.57 bits per heavy atom. The smallest absolute Gasteiger partial charge is 0.253 e. The average Bonchev–Trinajstić information content (AvgIpc) is 2.66. The van der Waals surface area contributed by atoms with E-state index in [1.165, 1.54) is 55.2 Å². The number of benzene rings is 2. The SMILES string of the molecule is Cc1ccc(S(=O)(=O)N(C)CC(=O)NNC(=O)CSc2ccc(F)cc2)cc1. The minimum atomic E-state index is -3.81. The van der Waals surface area contributed by atoms with Crippen LogP contribution in [0.25, 0.3) is 0 Å². The number of carbonyl (C=O) groups is 2. The van der Waals surface area contributed by atoms with Crippen LogP contribution in [0, 0.1) is 12.7 Å². The zero-order valence-electron chi connectivity index (χ0n) is 15.3. The first-order chi connectivity index (χ1) is 13.2. The minimum Gasteiger partial charge on any atom is -0.272 e. The summed E-state index contributed by atoms with van der Waals surface area (Å²) < 4.78 is 38.6. The van der Waals surface area contributed by atoms with E-state index >= 15 is 0 Å². The molecule has 0 aliphatic heterocycles. The first-order valence-corrected chi connectivity index (χ1v) is 10.6. The molecule has 0 spiro atoms. The molecule has 0 bridgehead atoms. The second kappa shape index (κ2) is 9.67. The Hall–Kier alpha value is -2.43. The van der Waals surface area contributed by atoms with Crippen molar-refractivity contribution in [2.24, 2.45) is 0 Å². The molecule has 0 saturated carbocycles. The Bertz CT molecular complexity index is 932. The lowest BCUT2D eigenvalue weighted by molar-refractivity contribution is -0.127. The monoisotopic (exact) mass is 425 g/mol. The van der Waals surface area contributed by atoms with E-state index in [0.29, 0.717) is 4.90 Å². The van der Waals surface area contributed by atoms with E-state index < -0.39 is 28.4 Å². The molecule has 0 atom stereocenters. The van der Waals surface area contributed by atoms with Gasteiger partial charge >= 0.3 is 0 Å². The number of carbonyl (C=O) groups excluding carboxylic acids is 2. The fourth-order valence-electron chi connectivity index (χ4n) is 2.07. The van der Waals surface area contributed by atoms with E-state index in [4.69, 9.17) is 0 Å². The fourth-order valence-corrected chi connectivity index (χ4v) is 3.90. The van der Waals surface area contributed by atoms with Gasteiger partial charge in [-0.1, -0.05) is 17.7 Å². The number of thioether (sulfide) groups is 1. The van der Waals surface area contributed by atoms with Crippen molar-refractivity contribution in [3.63, 3.8) is 0 Å². The lowest BCUT2D eigenvalue weighted by Crippen LogP contribution is -2.47. The Labute approximate surface area is 167 Å². The molecule has 0 fully saturated rings. The van der Waals surface area contributed by atoms with Crippen LogP contribution >= 0.6 is 11.8 Å². The number of amides is 2. The quantitative estimate of drug-likeness (QED) is 0.520. The number of hydrogen-bond acceptors (Lipinski definition) is 5. The number of rotatable bonds is 7. The number of hydrogen-bond donors (Lipinski definition) is 2. The lowest BCUT2D eigenvalue weighted by Gasteiger charge is -2.17. The first-order valence-electron chi connectivity index (χ1n) is 8.17. The fraction of sp³-hybridized carbons (Fsp3) is 0.222. The Morgan fingerprint density at radius 3 is 2.18 bits per heavy atom. The van der Waals surface area contributed by atoms with E-state index in [0.717, 1.165) is 9.87 Å². The molecule has 2 rings (SSSR count). The van der Waals surface area contributed by atoms with Gasteiger partial charge in [-0.2, -0.15) is 4.31 Å². The summed E-state index contributed by atoms with van der Waals surface area (Å²) in [6.07, 6.45) is 0. The van der Waals surface area contributed by atoms with Gasteiger partial charge in [-0.25, -0.2) is 12.8 Å². The standard InChI is InChI=1S/C18H20FN3O4S2/c1-13-3-9-16(10-4-13)28(25,26)22(2)11-17(23)20-21-18(24)12-27-15-7-5-14(19)6-8-15/h3-10H,11-12H2,1-2H3,(H,20,23)(H,21,24).